The molecule has 0 fully saturated rings. The molecular weight excluding hydrogens is 462 g/mol. The van der Waals surface area contributed by atoms with Crippen molar-refractivity contribution in [3.05, 3.63) is 126 Å². The first-order chi connectivity index (χ1) is 16.9. The maximum absolute atomic E-state index is 13.7. The summed E-state index contributed by atoms with van der Waals surface area (Å²) >= 11 is 0. The normalized spacial score (nSPS) is 11.0. The number of nitrogens with two attached hydrogens (primary N) is 1. The van der Waals surface area contributed by atoms with E-state index in [0.717, 1.165) is 5.56 Å². The zero-order valence-electron chi connectivity index (χ0n) is 18.7. The third kappa shape index (κ3) is 5.39. The number of nitrogens with zero attached hydrogens (tertiary/aromatic N) is 1. The van der Waals surface area contributed by atoms with Gasteiger partial charge in [-0.1, -0.05) is 60.7 Å². The fourth-order valence-electron chi connectivity index (χ4n) is 3.57. The molecule has 0 unspecified atom stereocenters. The molecule has 0 atom stereocenters. The molecule has 0 aliphatic carbocycles. The van der Waals surface area contributed by atoms with Crippen molar-refractivity contribution < 1.29 is 18.0 Å². The van der Waals surface area contributed by atoms with E-state index in [1.165, 1.54) is 28.6 Å². The summed E-state index contributed by atoms with van der Waals surface area (Å²) in [6.45, 7) is 0.0374. The molecule has 0 aromatic heterocycles. The third-order valence-electron chi connectivity index (χ3n) is 5.34. The zero-order chi connectivity index (χ0) is 24.8. The molecule has 0 saturated carbocycles. The number of sulfonamides is 1. The smallest absolute Gasteiger partial charge is 0.264 e. The number of nitrogens with one attached hydrogen (secondary N) is 1. The standard InChI is InChI=1S/C27H23N3O4S/c28-26(31)21-15-17-22(18-16-21)29-27(32)24-13-7-8-14-25(24)30(19-20-9-3-1-4-10-20)35(33,34)23-11-5-2-6-12-23/h1-18H,19H2,(H2,28,31)(H,29,32). The fraction of sp³-hybridized carbons (Fsp3) is 0.0370. The lowest BCUT2D eigenvalue weighted by molar-refractivity contribution is 0.0998. The topological polar surface area (TPSA) is 110 Å². The maximum atomic E-state index is 13.7. The predicted octanol–water partition coefficient (Wildman–Crippen LogP) is 4.43. The van der Waals surface area contributed by atoms with Gasteiger partial charge in [-0.05, 0) is 54.1 Å². The summed E-state index contributed by atoms with van der Waals surface area (Å²) in [6, 6.07) is 29.9. The number of benzene rings is 4. The maximum Gasteiger partial charge on any atom is 0.264 e. The van der Waals surface area contributed by atoms with Crippen molar-refractivity contribution in [2.45, 2.75) is 11.4 Å². The Morgan fingerprint density at radius 1 is 0.743 bits per heavy atom. The SMILES string of the molecule is NC(=O)c1ccc(NC(=O)c2ccccc2N(Cc2ccccc2)S(=O)(=O)c2ccccc2)cc1. The van der Waals surface area contributed by atoms with E-state index in [1.807, 2.05) is 30.3 Å². The number of primary amides is 1. The number of hydrogen-bond donors (Lipinski definition) is 2. The molecule has 0 spiro atoms. The molecule has 0 aliphatic heterocycles. The van der Waals surface area contributed by atoms with Gasteiger partial charge < -0.3 is 11.1 Å². The van der Waals surface area contributed by atoms with Crippen LogP contribution in [0.15, 0.2) is 114 Å². The minimum absolute atomic E-state index is 0.0374. The van der Waals surface area contributed by atoms with Crippen molar-refractivity contribution in [1.29, 1.82) is 0 Å². The summed E-state index contributed by atoms with van der Waals surface area (Å²) < 4.78 is 28.7. The van der Waals surface area contributed by atoms with Gasteiger partial charge in [-0.15, -0.1) is 0 Å². The predicted molar refractivity (Wildman–Crippen MR) is 136 cm³/mol. The highest BCUT2D eigenvalue weighted by Gasteiger charge is 2.28. The minimum Gasteiger partial charge on any atom is -0.366 e. The van der Waals surface area contributed by atoms with Crippen LogP contribution in [0.5, 0.6) is 0 Å². The highest BCUT2D eigenvalue weighted by Crippen LogP contribution is 2.30. The molecule has 35 heavy (non-hydrogen) atoms. The molecule has 0 radical (unpaired) electrons. The summed E-state index contributed by atoms with van der Waals surface area (Å²) in [6.07, 6.45) is 0. The Morgan fingerprint density at radius 3 is 1.94 bits per heavy atom. The Kier molecular flexibility index (Phi) is 6.93. The van der Waals surface area contributed by atoms with E-state index in [0.29, 0.717) is 11.3 Å². The lowest BCUT2D eigenvalue weighted by atomic mass is 10.1. The second-order valence-electron chi connectivity index (χ2n) is 7.72. The average molecular weight is 486 g/mol. The van der Waals surface area contributed by atoms with Crippen LogP contribution in [0.25, 0.3) is 0 Å². The number of carbonyl (C=O) groups is 2. The van der Waals surface area contributed by atoms with Crippen molar-refractivity contribution in [2.24, 2.45) is 5.73 Å². The van der Waals surface area contributed by atoms with Gasteiger partial charge >= 0.3 is 0 Å². The van der Waals surface area contributed by atoms with Gasteiger partial charge in [0, 0.05) is 11.3 Å². The Bertz CT molecular complexity index is 1440. The number of para-hydroxylation sites is 1. The Hall–Kier alpha value is -4.43. The fourth-order valence-corrected chi connectivity index (χ4v) is 5.06. The molecular formula is C27H23N3O4S. The van der Waals surface area contributed by atoms with Gasteiger partial charge in [0.1, 0.15) is 0 Å². The Labute approximate surface area is 203 Å². The van der Waals surface area contributed by atoms with Gasteiger partial charge in [-0.25, -0.2) is 8.42 Å². The summed E-state index contributed by atoms with van der Waals surface area (Å²) in [7, 11) is -3.99. The second-order valence-corrected chi connectivity index (χ2v) is 9.59. The van der Waals surface area contributed by atoms with E-state index in [4.69, 9.17) is 5.73 Å². The van der Waals surface area contributed by atoms with Crippen LogP contribution in [0.4, 0.5) is 11.4 Å². The van der Waals surface area contributed by atoms with Crippen molar-refractivity contribution in [2.75, 3.05) is 9.62 Å². The summed E-state index contributed by atoms with van der Waals surface area (Å²) in [5.41, 5.74) is 7.22. The highest BCUT2D eigenvalue weighted by molar-refractivity contribution is 7.92. The molecule has 4 aromatic rings. The van der Waals surface area contributed by atoms with Crippen LogP contribution in [-0.4, -0.2) is 20.2 Å². The average Bonchev–Trinajstić information content (AvgIpc) is 2.88. The Balaban J connectivity index is 1.74. The molecule has 0 saturated heterocycles. The summed E-state index contributed by atoms with van der Waals surface area (Å²) in [4.78, 5) is 24.7. The van der Waals surface area contributed by atoms with Crippen molar-refractivity contribution in [3.63, 3.8) is 0 Å². The third-order valence-corrected chi connectivity index (χ3v) is 7.12. The van der Waals surface area contributed by atoms with E-state index in [2.05, 4.69) is 5.32 Å². The lowest BCUT2D eigenvalue weighted by Gasteiger charge is -2.26. The quantitative estimate of drug-likeness (QED) is 0.385. The number of anilines is 2. The molecule has 0 bridgehead atoms. The molecule has 8 heteroatoms. The number of amides is 2. The van der Waals surface area contributed by atoms with Gasteiger partial charge in [0.2, 0.25) is 5.91 Å². The van der Waals surface area contributed by atoms with Gasteiger partial charge in [0.05, 0.1) is 22.7 Å². The van der Waals surface area contributed by atoms with E-state index >= 15 is 0 Å². The summed E-state index contributed by atoms with van der Waals surface area (Å²) in [5.74, 6) is -1.07. The number of carbonyl (C=O) groups excluding carboxylic acids is 2. The first-order valence-corrected chi connectivity index (χ1v) is 12.2. The van der Waals surface area contributed by atoms with Crippen LogP contribution < -0.4 is 15.4 Å². The zero-order valence-corrected chi connectivity index (χ0v) is 19.5. The second kappa shape index (κ2) is 10.2. The van der Waals surface area contributed by atoms with Gasteiger partial charge in [-0.3, -0.25) is 13.9 Å². The van der Waals surface area contributed by atoms with Crippen LogP contribution in [0.2, 0.25) is 0 Å². The molecule has 0 aliphatic rings. The molecule has 3 N–H and O–H groups in total. The monoisotopic (exact) mass is 485 g/mol. The van der Waals surface area contributed by atoms with Gasteiger partial charge in [0.15, 0.2) is 0 Å². The van der Waals surface area contributed by atoms with Crippen molar-refractivity contribution >= 4 is 33.2 Å². The van der Waals surface area contributed by atoms with Crippen molar-refractivity contribution in [1.82, 2.24) is 0 Å². The van der Waals surface area contributed by atoms with Crippen LogP contribution in [-0.2, 0) is 16.6 Å². The molecule has 176 valence electrons. The van der Waals surface area contributed by atoms with Crippen molar-refractivity contribution in [3.8, 4) is 0 Å². The molecule has 2 amide bonds. The molecule has 4 rings (SSSR count). The molecule has 4 aromatic carbocycles. The van der Waals surface area contributed by atoms with Gasteiger partial charge in [-0.2, -0.15) is 0 Å². The first kappa shape index (κ1) is 23.7. The molecule has 0 heterocycles. The number of rotatable bonds is 8. The first-order valence-electron chi connectivity index (χ1n) is 10.8. The highest BCUT2D eigenvalue weighted by atomic mass is 32.2. The van der Waals surface area contributed by atoms with E-state index in [-0.39, 0.29) is 22.7 Å². The van der Waals surface area contributed by atoms with Crippen LogP contribution in [0.3, 0.4) is 0 Å². The lowest BCUT2D eigenvalue weighted by Crippen LogP contribution is -2.32. The van der Waals surface area contributed by atoms with E-state index in [9.17, 15) is 18.0 Å². The number of hydrogen-bond acceptors (Lipinski definition) is 4. The van der Waals surface area contributed by atoms with E-state index in [1.54, 1.807) is 54.6 Å². The van der Waals surface area contributed by atoms with E-state index < -0.39 is 21.8 Å². The largest absolute Gasteiger partial charge is 0.366 e. The van der Waals surface area contributed by atoms with Crippen LogP contribution in [0.1, 0.15) is 26.3 Å². The molecule has 7 nitrogen and oxygen atoms in total. The summed E-state index contributed by atoms with van der Waals surface area (Å²) in [5, 5.41) is 2.76. The Morgan fingerprint density at radius 2 is 1.31 bits per heavy atom. The van der Waals surface area contributed by atoms with Crippen LogP contribution in [0, 0.1) is 0 Å². The van der Waals surface area contributed by atoms with Crippen LogP contribution >= 0.6 is 0 Å². The van der Waals surface area contributed by atoms with Gasteiger partial charge in [0.25, 0.3) is 15.9 Å². The minimum atomic E-state index is -3.99.